The van der Waals surface area contributed by atoms with Gasteiger partial charge in [0.2, 0.25) is 5.78 Å². The number of hydrogen-bond acceptors (Lipinski definition) is 11. The molecule has 1 saturated carbocycles. The molecule has 188 valence electrons. The van der Waals surface area contributed by atoms with Gasteiger partial charge in [-0.2, -0.15) is 13.1 Å². The van der Waals surface area contributed by atoms with Crippen molar-refractivity contribution in [3.05, 3.63) is 60.3 Å². The van der Waals surface area contributed by atoms with E-state index in [0.717, 1.165) is 11.3 Å². The smallest absolute Gasteiger partial charge is 0.335 e. The van der Waals surface area contributed by atoms with Crippen molar-refractivity contribution >= 4 is 67.8 Å². The minimum Gasteiger partial charge on any atom is -0.390 e. The number of anilines is 1. The summed E-state index contributed by atoms with van der Waals surface area (Å²) in [5.74, 6) is -0.192. The molecule has 4 rings (SSSR count). The minimum atomic E-state index is -3.97. The summed E-state index contributed by atoms with van der Waals surface area (Å²) in [5.41, 5.74) is 0.543. The standard InChI is InChI=1S/C20H20Cl2N4O6S3/c1-23-35(30,31)32-13-5-9(4-12(13)27)26-20-11(7-24-8-25-20)18(29)15-6-10(19(22)34-15)17(28)14-2-3-16(21)33-14/h2-3,6-9,12-13,17,23,27-28H,4-5H2,1H3,(H,24,25,26)/t9-,12+,13-,17+/m1/s1. The largest absolute Gasteiger partial charge is 0.390 e. The van der Waals surface area contributed by atoms with Crippen LogP contribution < -0.4 is 10.0 Å². The van der Waals surface area contributed by atoms with E-state index in [1.807, 2.05) is 4.72 Å². The third kappa shape index (κ3) is 6.01. The fourth-order valence-electron chi connectivity index (χ4n) is 3.66. The van der Waals surface area contributed by atoms with Gasteiger partial charge in [0.25, 0.3) is 0 Å². The van der Waals surface area contributed by atoms with E-state index in [9.17, 15) is 23.4 Å². The Morgan fingerprint density at radius 1 is 1.29 bits per heavy atom. The van der Waals surface area contributed by atoms with Gasteiger partial charge in [-0.15, -0.1) is 22.7 Å². The minimum absolute atomic E-state index is 0.160. The van der Waals surface area contributed by atoms with E-state index in [4.69, 9.17) is 27.4 Å². The van der Waals surface area contributed by atoms with E-state index in [1.54, 1.807) is 12.1 Å². The van der Waals surface area contributed by atoms with Crippen molar-refractivity contribution in [3.63, 3.8) is 0 Å². The maximum atomic E-state index is 13.3. The first-order valence-electron chi connectivity index (χ1n) is 10.2. The third-order valence-electron chi connectivity index (χ3n) is 5.36. The number of ketones is 1. The van der Waals surface area contributed by atoms with Gasteiger partial charge < -0.3 is 15.5 Å². The van der Waals surface area contributed by atoms with Crippen LogP contribution >= 0.6 is 45.9 Å². The number of rotatable bonds is 9. The zero-order valence-corrected chi connectivity index (χ0v) is 22.0. The number of halogens is 2. The van der Waals surface area contributed by atoms with Gasteiger partial charge in [0, 0.05) is 29.7 Å². The summed E-state index contributed by atoms with van der Waals surface area (Å²) in [6.07, 6.45) is -0.0320. The summed E-state index contributed by atoms with van der Waals surface area (Å²) in [4.78, 5) is 22.3. The molecule has 1 aliphatic rings. The van der Waals surface area contributed by atoms with Gasteiger partial charge in [-0.1, -0.05) is 23.2 Å². The molecule has 1 fully saturated rings. The van der Waals surface area contributed by atoms with Gasteiger partial charge in [-0.3, -0.25) is 8.98 Å². The van der Waals surface area contributed by atoms with Gasteiger partial charge in [0.15, 0.2) is 0 Å². The highest BCUT2D eigenvalue weighted by atomic mass is 35.5. The normalized spacial score (nSPS) is 21.2. The molecule has 0 aliphatic heterocycles. The van der Waals surface area contributed by atoms with Crippen molar-refractivity contribution in [1.82, 2.24) is 14.7 Å². The predicted molar refractivity (Wildman–Crippen MR) is 134 cm³/mol. The van der Waals surface area contributed by atoms with Gasteiger partial charge in [-0.25, -0.2) is 9.97 Å². The van der Waals surface area contributed by atoms with E-state index >= 15 is 0 Å². The van der Waals surface area contributed by atoms with Gasteiger partial charge >= 0.3 is 10.3 Å². The highest BCUT2D eigenvalue weighted by molar-refractivity contribution is 7.84. The van der Waals surface area contributed by atoms with Gasteiger partial charge in [0.1, 0.15) is 24.4 Å². The molecular formula is C20H20Cl2N4O6S3. The van der Waals surface area contributed by atoms with E-state index in [-0.39, 0.29) is 33.4 Å². The lowest BCUT2D eigenvalue weighted by Crippen LogP contribution is -2.31. The topological polar surface area (TPSA) is 151 Å². The number of aromatic nitrogens is 2. The number of carbonyl (C=O) groups excluding carboxylic acids is 1. The van der Waals surface area contributed by atoms with Crippen LogP contribution in [0, 0.1) is 0 Å². The van der Waals surface area contributed by atoms with Crippen LogP contribution in [0.15, 0.2) is 30.7 Å². The molecule has 3 heterocycles. The second kappa shape index (κ2) is 10.7. The molecule has 1 aliphatic carbocycles. The molecule has 35 heavy (non-hydrogen) atoms. The second-order valence-corrected chi connectivity index (χ2v) is 12.6. The lowest BCUT2D eigenvalue weighted by molar-refractivity contribution is 0.0636. The number of nitrogens with zero attached hydrogens (tertiary/aromatic N) is 2. The maximum Gasteiger partial charge on any atom is 0.335 e. The number of aliphatic hydroxyl groups is 2. The maximum absolute atomic E-state index is 13.3. The van der Waals surface area contributed by atoms with Crippen molar-refractivity contribution in [2.24, 2.45) is 0 Å². The molecule has 0 aromatic carbocycles. The van der Waals surface area contributed by atoms with Crippen LogP contribution in [0.5, 0.6) is 0 Å². The van der Waals surface area contributed by atoms with Crippen molar-refractivity contribution in [3.8, 4) is 0 Å². The Morgan fingerprint density at radius 3 is 2.74 bits per heavy atom. The zero-order chi connectivity index (χ0) is 25.3. The summed E-state index contributed by atoms with van der Waals surface area (Å²) < 4.78 is 31.1. The van der Waals surface area contributed by atoms with Gasteiger partial charge in [-0.05, 0) is 31.0 Å². The Kier molecular flexibility index (Phi) is 8.10. The highest BCUT2D eigenvalue weighted by Gasteiger charge is 2.37. The molecular weight excluding hydrogens is 559 g/mol. The first-order valence-corrected chi connectivity index (χ1v) is 14.0. The predicted octanol–water partition coefficient (Wildman–Crippen LogP) is 3.00. The van der Waals surface area contributed by atoms with Crippen LogP contribution in [-0.2, 0) is 14.5 Å². The summed E-state index contributed by atoms with van der Waals surface area (Å²) in [5, 5.41) is 24.0. The number of nitrogens with one attached hydrogen (secondary N) is 2. The monoisotopic (exact) mass is 578 g/mol. The average Bonchev–Trinajstić information content (AvgIpc) is 3.52. The van der Waals surface area contributed by atoms with Crippen molar-refractivity contribution in [2.75, 3.05) is 12.4 Å². The summed E-state index contributed by atoms with van der Waals surface area (Å²) in [6.45, 7) is 0. The Morgan fingerprint density at radius 2 is 2.06 bits per heavy atom. The summed E-state index contributed by atoms with van der Waals surface area (Å²) in [7, 11) is -2.76. The number of hydrogen-bond donors (Lipinski definition) is 4. The number of aliphatic hydroxyl groups excluding tert-OH is 2. The Bertz CT molecular complexity index is 1330. The average molecular weight is 580 g/mol. The van der Waals surface area contributed by atoms with E-state index in [1.165, 1.54) is 37.0 Å². The molecule has 0 spiro atoms. The van der Waals surface area contributed by atoms with Crippen molar-refractivity contribution in [2.45, 2.75) is 37.2 Å². The number of thiophene rings is 2. The van der Waals surface area contributed by atoms with E-state index in [0.29, 0.717) is 14.8 Å². The first kappa shape index (κ1) is 26.4. The highest BCUT2D eigenvalue weighted by Crippen LogP contribution is 2.39. The van der Waals surface area contributed by atoms with Crippen molar-refractivity contribution in [1.29, 1.82) is 0 Å². The van der Waals surface area contributed by atoms with Crippen LogP contribution in [0.2, 0.25) is 8.67 Å². The van der Waals surface area contributed by atoms with Crippen LogP contribution in [0.1, 0.15) is 44.6 Å². The molecule has 10 nitrogen and oxygen atoms in total. The van der Waals surface area contributed by atoms with Crippen LogP contribution in [0.25, 0.3) is 0 Å². The fraction of sp³-hybridized carbons (Fsp3) is 0.350. The van der Waals surface area contributed by atoms with Crippen LogP contribution in [-0.4, -0.2) is 59.7 Å². The molecule has 3 aromatic heterocycles. The molecule has 0 amide bonds. The number of carbonyl (C=O) groups is 1. The summed E-state index contributed by atoms with van der Waals surface area (Å²) >= 11 is 14.5. The third-order valence-corrected chi connectivity index (χ3v) is 9.04. The lowest BCUT2D eigenvalue weighted by Gasteiger charge is -2.15. The molecule has 0 bridgehead atoms. The Labute approximate surface area is 219 Å². The quantitative estimate of drug-likeness (QED) is 0.281. The molecule has 0 unspecified atom stereocenters. The molecule has 0 radical (unpaired) electrons. The Hall–Kier alpha value is -1.68. The lowest BCUT2D eigenvalue weighted by atomic mass is 10.1. The molecule has 3 aromatic rings. The van der Waals surface area contributed by atoms with Crippen LogP contribution in [0.4, 0.5) is 5.82 Å². The molecule has 0 saturated heterocycles. The fourth-order valence-corrected chi connectivity index (χ4v) is 6.63. The SMILES string of the molecule is CNS(=O)(=O)O[C@@H]1C[C@H](Nc2ncncc2C(=O)c2cc([C@H](O)c3ccc(Cl)s3)c(Cl)s2)C[C@@H]1O. The molecule has 4 atom stereocenters. The van der Waals surface area contributed by atoms with Crippen molar-refractivity contribution < 1.29 is 27.6 Å². The molecule has 15 heteroatoms. The van der Waals surface area contributed by atoms with Crippen LogP contribution in [0.3, 0.4) is 0 Å². The second-order valence-electron chi connectivity index (χ2n) is 7.67. The summed E-state index contributed by atoms with van der Waals surface area (Å²) in [6, 6.07) is 4.47. The zero-order valence-electron chi connectivity index (χ0n) is 18.0. The van der Waals surface area contributed by atoms with E-state index in [2.05, 4.69) is 15.3 Å². The Balaban J connectivity index is 1.52. The van der Waals surface area contributed by atoms with E-state index < -0.39 is 40.4 Å². The molecule has 4 N–H and O–H groups in total. The van der Waals surface area contributed by atoms with Gasteiger partial charge in [0.05, 0.1) is 25.2 Å². The first-order chi connectivity index (χ1) is 16.6.